The number of nitriles is 1. The van der Waals surface area contributed by atoms with Crippen LogP contribution in [0.1, 0.15) is 13.8 Å². The Morgan fingerprint density at radius 2 is 2.00 bits per heavy atom. The molecule has 3 heteroatoms. The van der Waals surface area contributed by atoms with E-state index in [0.717, 1.165) is 0 Å². The first-order chi connectivity index (χ1) is 4.22. The van der Waals surface area contributed by atoms with Crippen LogP contribution in [0.5, 0.6) is 0 Å². The van der Waals surface area contributed by atoms with Crippen molar-refractivity contribution in [1.82, 2.24) is 0 Å². The van der Waals surface area contributed by atoms with Crippen LogP contribution in [-0.2, 0) is 0 Å². The Bertz CT molecular complexity index is 106. The van der Waals surface area contributed by atoms with Crippen molar-refractivity contribution < 1.29 is 0 Å². The average Bonchev–Trinajstić information content (AvgIpc) is 1.82. The molecule has 0 aliphatic carbocycles. The van der Waals surface area contributed by atoms with E-state index in [9.17, 15) is 0 Å². The lowest BCUT2D eigenvalue weighted by Crippen LogP contribution is -2.05. The minimum absolute atomic E-state index is 0.153. The van der Waals surface area contributed by atoms with Gasteiger partial charge in [-0.1, -0.05) is 35.4 Å². The SMILES string of the molecule is CSSC(C#N)C(C)C. The number of nitrogens with zero attached hydrogens (tertiary/aromatic N) is 1. The van der Waals surface area contributed by atoms with Crippen LogP contribution < -0.4 is 0 Å². The normalized spacial score (nSPS) is 13.2. The Morgan fingerprint density at radius 1 is 1.44 bits per heavy atom. The maximum absolute atomic E-state index is 8.54. The quantitative estimate of drug-likeness (QED) is 0.594. The first-order valence-corrected chi connectivity index (χ1v) is 5.43. The van der Waals surface area contributed by atoms with E-state index in [4.69, 9.17) is 5.26 Å². The third kappa shape index (κ3) is 3.72. The van der Waals surface area contributed by atoms with Crippen LogP contribution in [0.4, 0.5) is 0 Å². The Kier molecular flexibility index (Phi) is 5.12. The summed E-state index contributed by atoms with van der Waals surface area (Å²) in [6.45, 7) is 4.13. The second-order valence-electron chi connectivity index (χ2n) is 2.06. The fourth-order valence-corrected chi connectivity index (χ4v) is 2.28. The van der Waals surface area contributed by atoms with Crippen LogP contribution in [0, 0.1) is 17.2 Å². The van der Waals surface area contributed by atoms with Gasteiger partial charge in [0.05, 0.1) is 6.07 Å². The summed E-state index contributed by atoms with van der Waals surface area (Å²) >= 11 is 0. The monoisotopic (exact) mass is 161 g/mol. The maximum atomic E-state index is 8.54. The molecule has 1 unspecified atom stereocenters. The second-order valence-corrected chi connectivity index (χ2v) is 4.67. The molecular formula is C6H11NS2. The minimum Gasteiger partial charge on any atom is -0.197 e. The molecule has 1 atom stereocenters. The third-order valence-electron chi connectivity index (χ3n) is 0.933. The molecule has 0 aromatic rings. The third-order valence-corrected chi connectivity index (χ3v) is 3.18. The van der Waals surface area contributed by atoms with Crippen LogP contribution in [0.25, 0.3) is 0 Å². The molecule has 0 saturated carbocycles. The van der Waals surface area contributed by atoms with Gasteiger partial charge in [0.15, 0.2) is 0 Å². The molecule has 0 aromatic carbocycles. The summed E-state index contributed by atoms with van der Waals surface area (Å²) in [7, 11) is 3.30. The molecule has 1 nitrogen and oxygen atoms in total. The van der Waals surface area contributed by atoms with E-state index < -0.39 is 0 Å². The smallest absolute Gasteiger partial charge is 0.104 e. The Morgan fingerprint density at radius 3 is 2.11 bits per heavy atom. The van der Waals surface area contributed by atoms with Crippen molar-refractivity contribution in [3.8, 4) is 6.07 Å². The van der Waals surface area contributed by atoms with E-state index in [1.54, 1.807) is 21.6 Å². The Hall–Kier alpha value is 0.190. The van der Waals surface area contributed by atoms with Crippen molar-refractivity contribution in [3.63, 3.8) is 0 Å². The van der Waals surface area contributed by atoms with Crippen LogP contribution >= 0.6 is 21.6 Å². The van der Waals surface area contributed by atoms with Gasteiger partial charge in [0, 0.05) is 0 Å². The average molecular weight is 161 g/mol. The van der Waals surface area contributed by atoms with E-state index in [0.29, 0.717) is 5.92 Å². The second kappa shape index (κ2) is 5.01. The Labute approximate surface area is 64.6 Å². The van der Waals surface area contributed by atoms with Crippen molar-refractivity contribution in [2.24, 2.45) is 5.92 Å². The van der Waals surface area contributed by atoms with Gasteiger partial charge in [0.25, 0.3) is 0 Å². The number of rotatable bonds is 3. The standard InChI is InChI=1S/C6H11NS2/c1-5(2)6(4-7)9-8-3/h5-6H,1-3H3. The van der Waals surface area contributed by atoms with Gasteiger partial charge in [0.1, 0.15) is 5.25 Å². The van der Waals surface area contributed by atoms with Gasteiger partial charge in [-0.3, -0.25) is 0 Å². The van der Waals surface area contributed by atoms with E-state index >= 15 is 0 Å². The zero-order chi connectivity index (χ0) is 7.28. The highest BCUT2D eigenvalue weighted by molar-refractivity contribution is 8.76. The lowest BCUT2D eigenvalue weighted by molar-refractivity contribution is 0.688. The minimum atomic E-state index is 0.153. The van der Waals surface area contributed by atoms with Gasteiger partial charge < -0.3 is 0 Å². The largest absolute Gasteiger partial charge is 0.197 e. The molecular weight excluding hydrogens is 150 g/mol. The molecule has 9 heavy (non-hydrogen) atoms. The van der Waals surface area contributed by atoms with Crippen LogP contribution in [-0.4, -0.2) is 11.5 Å². The van der Waals surface area contributed by atoms with Crippen molar-refractivity contribution in [1.29, 1.82) is 5.26 Å². The molecule has 0 fully saturated rings. The van der Waals surface area contributed by atoms with Crippen LogP contribution in [0.3, 0.4) is 0 Å². The van der Waals surface area contributed by atoms with Gasteiger partial charge >= 0.3 is 0 Å². The molecule has 52 valence electrons. The predicted molar refractivity (Wildman–Crippen MR) is 45.3 cm³/mol. The summed E-state index contributed by atoms with van der Waals surface area (Å²) < 4.78 is 0. The van der Waals surface area contributed by atoms with Crippen molar-refractivity contribution in [2.75, 3.05) is 6.26 Å². The molecule has 0 bridgehead atoms. The summed E-state index contributed by atoms with van der Waals surface area (Å²) in [6, 6.07) is 2.24. The molecule has 0 amide bonds. The summed E-state index contributed by atoms with van der Waals surface area (Å²) in [4.78, 5) is 0. The van der Waals surface area contributed by atoms with Crippen LogP contribution in [0.2, 0.25) is 0 Å². The lowest BCUT2D eigenvalue weighted by atomic mass is 10.1. The molecule has 0 heterocycles. The summed E-state index contributed by atoms with van der Waals surface area (Å²) in [5, 5.41) is 8.70. The van der Waals surface area contributed by atoms with E-state index in [2.05, 4.69) is 19.9 Å². The molecule has 0 aromatic heterocycles. The fraction of sp³-hybridized carbons (Fsp3) is 0.833. The first-order valence-electron chi connectivity index (χ1n) is 2.81. The van der Waals surface area contributed by atoms with E-state index in [1.165, 1.54) is 0 Å². The maximum Gasteiger partial charge on any atom is 0.104 e. The lowest BCUT2D eigenvalue weighted by Gasteiger charge is -2.08. The molecule has 0 rings (SSSR count). The predicted octanol–water partition coefficient (Wildman–Crippen LogP) is 2.55. The summed E-state index contributed by atoms with van der Waals surface area (Å²) in [5.41, 5.74) is 0. The van der Waals surface area contributed by atoms with Crippen molar-refractivity contribution in [2.45, 2.75) is 19.1 Å². The van der Waals surface area contributed by atoms with E-state index in [1.807, 2.05) is 6.26 Å². The zero-order valence-electron chi connectivity index (χ0n) is 5.92. The van der Waals surface area contributed by atoms with Crippen LogP contribution in [0.15, 0.2) is 0 Å². The summed E-state index contributed by atoms with van der Waals surface area (Å²) in [5.74, 6) is 0.465. The number of hydrogen-bond donors (Lipinski definition) is 0. The highest BCUT2D eigenvalue weighted by Gasteiger charge is 2.10. The molecule has 0 spiro atoms. The number of hydrogen-bond acceptors (Lipinski definition) is 3. The van der Waals surface area contributed by atoms with Gasteiger partial charge in [-0.25, -0.2) is 0 Å². The molecule has 0 radical (unpaired) electrons. The van der Waals surface area contributed by atoms with Gasteiger partial charge in [-0.05, 0) is 12.2 Å². The molecule has 0 saturated heterocycles. The summed E-state index contributed by atoms with van der Waals surface area (Å²) in [6.07, 6.45) is 2.00. The van der Waals surface area contributed by atoms with Gasteiger partial charge in [-0.15, -0.1) is 0 Å². The highest BCUT2D eigenvalue weighted by Crippen LogP contribution is 2.27. The van der Waals surface area contributed by atoms with Gasteiger partial charge in [0.2, 0.25) is 0 Å². The highest BCUT2D eigenvalue weighted by atomic mass is 33.1. The fourth-order valence-electron chi connectivity index (χ4n) is 0.385. The first kappa shape index (κ1) is 9.19. The zero-order valence-corrected chi connectivity index (χ0v) is 7.55. The molecule has 0 aliphatic heterocycles. The molecule has 0 N–H and O–H groups in total. The van der Waals surface area contributed by atoms with Crippen molar-refractivity contribution >= 4 is 21.6 Å². The topological polar surface area (TPSA) is 23.8 Å². The van der Waals surface area contributed by atoms with Crippen molar-refractivity contribution in [3.05, 3.63) is 0 Å². The van der Waals surface area contributed by atoms with Gasteiger partial charge in [-0.2, -0.15) is 5.26 Å². The Balaban J connectivity index is 3.58. The molecule has 0 aliphatic rings. The van der Waals surface area contributed by atoms with E-state index in [-0.39, 0.29) is 5.25 Å².